The van der Waals surface area contributed by atoms with Gasteiger partial charge < -0.3 is 14.8 Å². The molecular formula is C16H17BrClNO2. The number of anilines is 1. The molecule has 112 valence electrons. The third kappa shape index (κ3) is 3.83. The molecule has 0 amide bonds. The highest BCUT2D eigenvalue weighted by Crippen LogP contribution is 2.36. The molecule has 0 saturated carbocycles. The van der Waals surface area contributed by atoms with Crippen LogP contribution in [0.25, 0.3) is 0 Å². The first kappa shape index (κ1) is 16.0. The summed E-state index contributed by atoms with van der Waals surface area (Å²) in [6.45, 7) is 2.74. The molecule has 0 unspecified atom stereocenters. The zero-order valence-electron chi connectivity index (χ0n) is 12.2. The Morgan fingerprint density at radius 3 is 2.43 bits per heavy atom. The monoisotopic (exact) mass is 369 g/mol. The van der Waals surface area contributed by atoms with E-state index in [1.807, 2.05) is 6.07 Å². The maximum Gasteiger partial charge on any atom is 0.143 e. The molecule has 0 aliphatic carbocycles. The van der Waals surface area contributed by atoms with Gasteiger partial charge in [-0.2, -0.15) is 0 Å². The van der Waals surface area contributed by atoms with Crippen LogP contribution in [0.4, 0.5) is 5.69 Å². The molecule has 3 nitrogen and oxygen atoms in total. The molecule has 0 spiro atoms. The molecule has 5 heteroatoms. The fourth-order valence-electron chi connectivity index (χ4n) is 1.94. The summed E-state index contributed by atoms with van der Waals surface area (Å²) in [5.41, 5.74) is 3.23. The Bertz CT molecular complexity index is 646. The molecule has 0 saturated heterocycles. The van der Waals surface area contributed by atoms with Crippen LogP contribution in [0, 0.1) is 6.92 Å². The second-order valence-corrected chi connectivity index (χ2v) is 5.89. The van der Waals surface area contributed by atoms with Gasteiger partial charge in [0, 0.05) is 23.2 Å². The molecule has 2 aromatic rings. The number of ether oxygens (including phenoxy) is 2. The van der Waals surface area contributed by atoms with Gasteiger partial charge in [-0.05, 0) is 24.1 Å². The lowest BCUT2D eigenvalue weighted by atomic mass is 10.1. The minimum atomic E-state index is 0.526. The average molecular weight is 371 g/mol. The van der Waals surface area contributed by atoms with Gasteiger partial charge in [-0.15, -0.1) is 0 Å². The van der Waals surface area contributed by atoms with Crippen molar-refractivity contribution < 1.29 is 9.47 Å². The van der Waals surface area contributed by atoms with E-state index in [1.54, 1.807) is 20.3 Å². The Hall–Kier alpha value is -1.39. The number of aryl methyl sites for hydroxylation is 1. The highest BCUT2D eigenvalue weighted by atomic mass is 79.9. The summed E-state index contributed by atoms with van der Waals surface area (Å²) in [6, 6.07) is 9.85. The van der Waals surface area contributed by atoms with Crippen LogP contribution in [0.15, 0.2) is 34.8 Å². The Morgan fingerprint density at radius 1 is 1.10 bits per heavy atom. The molecule has 0 atom stereocenters. The van der Waals surface area contributed by atoms with Crippen LogP contribution in [0.3, 0.4) is 0 Å². The first-order valence-electron chi connectivity index (χ1n) is 6.45. The quantitative estimate of drug-likeness (QED) is 0.800. The van der Waals surface area contributed by atoms with Gasteiger partial charge in [0.2, 0.25) is 0 Å². The first-order chi connectivity index (χ1) is 10.0. The molecule has 2 aromatic carbocycles. The molecule has 0 aliphatic heterocycles. The molecule has 21 heavy (non-hydrogen) atoms. The molecule has 0 radical (unpaired) electrons. The maximum atomic E-state index is 6.10. The van der Waals surface area contributed by atoms with E-state index in [-0.39, 0.29) is 0 Å². The SMILES string of the molecule is COc1cc(NCc2ccc(C)c(Br)c2)c(OC)cc1Cl. The van der Waals surface area contributed by atoms with Crippen LogP contribution in [0.2, 0.25) is 5.02 Å². The van der Waals surface area contributed by atoms with Gasteiger partial charge in [0.25, 0.3) is 0 Å². The van der Waals surface area contributed by atoms with Crippen molar-refractivity contribution in [1.29, 1.82) is 0 Å². The zero-order chi connectivity index (χ0) is 15.4. The van der Waals surface area contributed by atoms with Crippen LogP contribution in [0.5, 0.6) is 11.5 Å². The standard InChI is InChI=1S/C16H17BrClNO2/c1-10-4-5-11(6-12(10)17)9-19-14-8-15(20-2)13(18)7-16(14)21-3/h4-8,19H,9H2,1-3H3. The second kappa shape index (κ2) is 7.05. The second-order valence-electron chi connectivity index (χ2n) is 4.62. The lowest BCUT2D eigenvalue weighted by molar-refractivity contribution is 0.404. The minimum Gasteiger partial charge on any atom is -0.495 e. The highest BCUT2D eigenvalue weighted by Gasteiger charge is 2.09. The Morgan fingerprint density at radius 2 is 1.81 bits per heavy atom. The summed E-state index contributed by atoms with van der Waals surface area (Å²) in [7, 11) is 3.21. The summed E-state index contributed by atoms with van der Waals surface area (Å²) in [6.07, 6.45) is 0. The maximum absolute atomic E-state index is 6.10. The van der Waals surface area contributed by atoms with Crippen molar-refractivity contribution >= 4 is 33.2 Å². The van der Waals surface area contributed by atoms with E-state index in [4.69, 9.17) is 21.1 Å². The van der Waals surface area contributed by atoms with Crippen molar-refractivity contribution in [3.05, 3.63) is 51.0 Å². The molecule has 0 bridgehead atoms. The average Bonchev–Trinajstić information content (AvgIpc) is 2.48. The van der Waals surface area contributed by atoms with Crippen molar-refractivity contribution in [2.75, 3.05) is 19.5 Å². The number of hydrogen-bond acceptors (Lipinski definition) is 3. The van der Waals surface area contributed by atoms with E-state index in [0.29, 0.717) is 23.1 Å². The molecule has 0 fully saturated rings. The molecule has 1 N–H and O–H groups in total. The Labute approximate surface area is 138 Å². The number of rotatable bonds is 5. The smallest absolute Gasteiger partial charge is 0.143 e. The normalized spacial score (nSPS) is 10.3. The van der Waals surface area contributed by atoms with Gasteiger partial charge in [-0.1, -0.05) is 39.7 Å². The van der Waals surface area contributed by atoms with Crippen LogP contribution in [-0.2, 0) is 6.54 Å². The van der Waals surface area contributed by atoms with E-state index >= 15 is 0 Å². The van der Waals surface area contributed by atoms with Crippen molar-refractivity contribution in [3.63, 3.8) is 0 Å². The minimum absolute atomic E-state index is 0.526. The number of benzene rings is 2. The Balaban J connectivity index is 2.20. The van der Waals surface area contributed by atoms with E-state index < -0.39 is 0 Å². The summed E-state index contributed by atoms with van der Waals surface area (Å²) in [4.78, 5) is 0. The highest BCUT2D eigenvalue weighted by molar-refractivity contribution is 9.10. The lowest BCUT2D eigenvalue weighted by Gasteiger charge is -2.14. The fourth-order valence-corrected chi connectivity index (χ4v) is 2.60. The molecular weight excluding hydrogens is 354 g/mol. The fraction of sp³-hybridized carbons (Fsp3) is 0.250. The van der Waals surface area contributed by atoms with E-state index in [2.05, 4.69) is 46.4 Å². The zero-order valence-corrected chi connectivity index (χ0v) is 14.5. The van der Waals surface area contributed by atoms with Crippen molar-refractivity contribution in [2.45, 2.75) is 13.5 Å². The van der Waals surface area contributed by atoms with Crippen LogP contribution in [-0.4, -0.2) is 14.2 Å². The van der Waals surface area contributed by atoms with Gasteiger partial charge in [0.05, 0.1) is 24.9 Å². The molecule has 2 rings (SSSR count). The predicted octanol–water partition coefficient (Wildman–Crippen LogP) is 5.04. The van der Waals surface area contributed by atoms with Crippen molar-refractivity contribution in [3.8, 4) is 11.5 Å². The van der Waals surface area contributed by atoms with Gasteiger partial charge in [0.1, 0.15) is 11.5 Å². The first-order valence-corrected chi connectivity index (χ1v) is 7.62. The van der Waals surface area contributed by atoms with Gasteiger partial charge in [0.15, 0.2) is 0 Å². The van der Waals surface area contributed by atoms with Crippen molar-refractivity contribution in [1.82, 2.24) is 0 Å². The van der Waals surface area contributed by atoms with Gasteiger partial charge in [-0.25, -0.2) is 0 Å². The van der Waals surface area contributed by atoms with Crippen LogP contribution >= 0.6 is 27.5 Å². The third-order valence-corrected chi connectivity index (χ3v) is 4.34. The summed E-state index contributed by atoms with van der Waals surface area (Å²) >= 11 is 9.64. The number of nitrogens with one attached hydrogen (secondary N) is 1. The van der Waals surface area contributed by atoms with Crippen molar-refractivity contribution in [2.24, 2.45) is 0 Å². The molecule has 0 aliphatic rings. The van der Waals surface area contributed by atoms with E-state index in [0.717, 1.165) is 10.2 Å². The number of hydrogen-bond donors (Lipinski definition) is 1. The summed E-state index contributed by atoms with van der Waals surface area (Å²) < 4.78 is 11.7. The number of methoxy groups -OCH3 is 2. The van der Waals surface area contributed by atoms with E-state index in [9.17, 15) is 0 Å². The van der Waals surface area contributed by atoms with Crippen LogP contribution < -0.4 is 14.8 Å². The summed E-state index contributed by atoms with van der Waals surface area (Å²) in [5.74, 6) is 1.30. The lowest BCUT2D eigenvalue weighted by Crippen LogP contribution is -2.02. The largest absolute Gasteiger partial charge is 0.495 e. The predicted molar refractivity (Wildman–Crippen MR) is 90.8 cm³/mol. The third-order valence-electron chi connectivity index (χ3n) is 3.19. The van der Waals surface area contributed by atoms with Gasteiger partial charge >= 0.3 is 0 Å². The van der Waals surface area contributed by atoms with Crippen LogP contribution in [0.1, 0.15) is 11.1 Å². The topological polar surface area (TPSA) is 30.5 Å². The number of halogens is 2. The van der Waals surface area contributed by atoms with Gasteiger partial charge in [-0.3, -0.25) is 0 Å². The summed E-state index contributed by atoms with van der Waals surface area (Å²) in [5, 5.41) is 3.87. The van der Waals surface area contributed by atoms with E-state index in [1.165, 1.54) is 11.1 Å². The Kier molecular flexibility index (Phi) is 5.37. The molecule has 0 heterocycles. The molecule has 0 aromatic heterocycles.